The van der Waals surface area contributed by atoms with Gasteiger partial charge in [0, 0.05) is 6.54 Å². The molecule has 2 unspecified atom stereocenters. The first-order valence-electron chi connectivity index (χ1n) is 6.19. The van der Waals surface area contributed by atoms with Gasteiger partial charge in [-0.1, -0.05) is 34.1 Å². The van der Waals surface area contributed by atoms with E-state index in [2.05, 4.69) is 0 Å². The zero-order chi connectivity index (χ0) is 14.5. The summed E-state index contributed by atoms with van der Waals surface area (Å²) in [5, 5.41) is 0. The van der Waals surface area contributed by atoms with Gasteiger partial charge < -0.3 is 10.6 Å². The third-order valence-electron chi connectivity index (χ3n) is 2.81. The zero-order valence-electron chi connectivity index (χ0n) is 11.4. The van der Waals surface area contributed by atoms with Crippen LogP contribution >= 0.6 is 0 Å². The van der Waals surface area contributed by atoms with E-state index in [4.69, 9.17) is 5.73 Å². The highest BCUT2D eigenvalue weighted by atomic mass is 19.4. The Balaban J connectivity index is 4.79. The van der Waals surface area contributed by atoms with Crippen LogP contribution < -0.4 is 5.73 Å². The lowest BCUT2D eigenvalue weighted by Gasteiger charge is -2.30. The molecule has 0 spiro atoms. The fraction of sp³-hybridized carbons (Fsp3) is 0.917. The molecule has 3 nitrogen and oxygen atoms in total. The molecule has 0 aromatic rings. The normalized spacial score (nSPS) is 15.6. The molecular formula is C12H23F3N2O. The predicted octanol–water partition coefficient (Wildman–Crippen LogP) is 2.41. The number of nitrogens with zero attached hydrogens (tertiary/aromatic N) is 1. The van der Waals surface area contributed by atoms with Gasteiger partial charge in [0.2, 0.25) is 5.91 Å². The average molecular weight is 268 g/mol. The molecule has 0 fully saturated rings. The van der Waals surface area contributed by atoms with Crippen LogP contribution in [-0.4, -0.2) is 36.1 Å². The Hall–Kier alpha value is -0.780. The Morgan fingerprint density at radius 3 is 2.11 bits per heavy atom. The standard InChI is InChI=1S/C12H23F3N2O/c1-5-9(4)10(16)11(18)17(6-8(2)3)7-12(13,14)15/h8-10H,5-7,16H2,1-4H3. The molecule has 108 valence electrons. The van der Waals surface area contributed by atoms with Gasteiger partial charge in [0.05, 0.1) is 6.04 Å². The number of nitrogens with two attached hydrogens (primary N) is 1. The van der Waals surface area contributed by atoms with Crippen molar-refractivity contribution in [2.45, 2.75) is 46.3 Å². The van der Waals surface area contributed by atoms with Crippen molar-refractivity contribution in [3.63, 3.8) is 0 Å². The van der Waals surface area contributed by atoms with Gasteiger partial charge in [-0.25, -0.2) is 0 Å². The van der Waals surface area contributed by atoms with Crippen LogP contribution in [0.15, 0.2) is 0 Å². The van der Waals surface area contributed by atoms with Crippen molar-refractivity contribution in [2.75, 3.05) is 13.1 Å². The first-order chi connectivity index (χ1) is 8.08. The van der Waals surface area contributed by atoms with E-state index in [1.165, 1.54) is 0 Å². The Bertz CT molecular complexity index is 267. The molecule has 0 aromatic carbocycles. The van der Waals surface area contributed by atoms with E-state index in [0.717, 1.165) is 4.90 Å². The quantitative estimate of drug-likeness (QED) is 0.804. The number of hydrogen-bond acceptors (Lipinski definition) is 2. The van der Waals surface area contributed by atoms with E-state index in [-0.39, 0.29) is 18.4 Å². The Morgan fingerprint density at radius 1 is 1.28 bits per heavy atom. The second-order valence-electron chi connectivity index (χ2n) is 5.14. The van der Waals surface area contributed by atoms with Crippen molar-refractivity contribution in [3.05, 3.63) is 0 Å². The lowest BCUT2D eigenvalue weighted by Crippen LogP contribution is -2.50. The number of halogens is 3. The smallest absolute Gasteiger partial charge is 0.332 e. The van der Waals surface area contributed by atoms with Crippen molar-refractivity contribution in [1.29, 1.82) is 0 Å². The molecule has 2 N–H and O–H groups in total. The Kier molecular flexibility index (Phi) is 6.67. The second kappa shape index (κ2) is 6.97. The number of alkyl halides is 3. The van der Waals surface area contributed by atoms with E-state index < -0.39 is 24.7 Å². The van der Waals surface area contributed by atoms with Crippen molar-refractivity contribution < 1.29 is 18.0 Å². The molecule has 18 heavy (non-hydrogen) atoms. The molecular weight excluding hydrogens is 245 g/mol. The lowest BCUT2D eigenvalue weighted by molar-refractivity contribution is -0.163. The third-order valence-corrected chi connectivity index (χ3v) is 2.81. The fourth-order valence-corrected chi connectivity index (χ4v) is 1.60. The van der Waals surface area contributed by atoms with Crippen LogP contribution in [0.5, 0.6) is 0 Å². The highest BCUT2D eigenvalue weighted by molar-refractivity contribution is 5.82. The van der Waals surface area contributed by atoms with Crippen LogP contribution in [0.25, 0.3) is 0 Å². The molecule has 1 amide bonds. The fourth-order valence-electron chi connectivity index (χ4n) is 1.60. The molecule has 0 bridgehead atoms. The minimum Gasteiger partial charge on any atom is -0.332 e. The molecule has 0 radical (unpaired) electrons. The summed E-state index contributed by atoms with van der Waals surface area (Å²) in [6.45, 7) is 6.01. The van der Waals surface area contributed by atoms with Gasteiger partial charge in [-0.15, -0.1) is 0 Å². The molecule has 0 heterocycles. The van der Waals surface area contributed by atoms with E-state index in [0.29, 0.717) is 6.42 Å². The van der Waals surface area contributed by atoms with Gasteiger partial charge in [-0.05, 0) is 11.8 Å². The lowest BCUT2D eigenvalue weighted by atomic mass is 9.98. The summed E-state index contributed by atoms with van der Waals surface area (Å²) in [7, 11) is 0. The van der Waals surface area contributed by atoms with Gasteiger partial charge >= 0.3 is 6.18 Å². The molecule has 0 saturated carbocycles. The number of carbonyl (C=O) groups is 1. The molecule has 0 aromatic heterocycles. The summed E-state index contributed by atoms with van der Waals surface area (Å²) in [5.41, 5.74) is 5.71. The number of amides is 1. The Morgan fingerprint density at radius 2 is 1.78 bits per heavy atom. The van der Waals surface area contributed by atoms with E-state index in [9.17, 15) is 18.0 Å². The van der Waals surface area contributed by atoms with Crippen molar-refractivity contribution in [2.24, 2.45) is 17.6 Å². The molecule has 6 heteroatoms. The minimum absolute atomic E-state index is 0.0274. The van der Waals surface area contributed by atoms with Gasteiger partial charge in [0.25, 0.3) is 0 Å². The molecule has 0 aliphatic carbocycles. The van der Waals surface area contributed by atoms with Crippen LogP contribution in [0.2, 0.25) is 0 Å². The summed E-state index contributed by atoms with van der Waals surface area (Å²) >= 11 is 0. The summed E-state index contributed by atoms with van der Waals surface area (Å²) in [6.07, 6.45) is -3.73. The summed E-state index contributed by atoms with van der Waals surface area (Å²) < 4.78 is 37.3. The topological polar surface area (TPSA) is 46.3 Å². The zero-order valence-corrected chi connectivity index (χ0v) is 11.4. The number of hydrogen-bond donors (Lipinski definition) is 1. The maximum absolute atomic E-state index is 12.4. The maximum Gasteiger partial charge on any atom is 0.406 e. The monoisotopic (exact) mass is 268 g/mol. The van der Waals surface area contributed by atoms with Gasteiger partial charge in [-0.3, -0.25) is 4.79 Å². The second-order valence-corrected chi connectivity index (χ2v) is 5.14. The van der Waals surface area contributed by atoms with Crippen molar-refractivity contribution >= 4 is 5.91 Å². The third kappa shape index (κ3) is 6.23. The van der Waals surface area contributed by atoms with Crippen LogP contribution in [-0.2, 0) is 4.79 Å². The first-order valence-corrected chi connectivity index (χ1v) is 6.19. The summed E-state index contributed by atoms with van der Waals surface area (Å²) in [4.78, 5) is 12.8. The van der Waals surface area contributed by atoms with Crippen molar-refractivity contribution in [3.8, 4) is 0 Å². The van der Waals surface area contributed by atoms with Crippen molar-refractivity contribution in [1.82, 2.24) is 4.90 Å². The largest absolute Gasteiger partial charge is 0.406 e. The Labute approximate surface area is 107 Å². The molecule has 0 aliphatic rings. The maximum atomic E-state index is 12.4. The van der Waals surface area contributed by atoms with Crippen LogP contribution in [0.1, 0.15) is 34.1 Å². The van der Waals surface area contributed by atoms with Gasteiger partial charge in [0.1, 0.15) is 6.54 Å². The van der Waals surface area contributed by atoms with Crippen LogP contribution in [0.3, 0.4) is 0 Å². The summed E-state index contributed by atoms with van der Waals surface area (Å²) in [5.74, 6) is -0.767. The predicted molar refractivity (Wildman–Crippen MR) is 64.9 cm³/mol. The van der Waals surface area contributed by atoms with Gasteiger partial charge in [0.15, 0.2) is 0 Å². The first kappa shape index (κ1) is 17.2. The van der Waals surface area contributed by atoms with Crippen LogP contribution in [0, 0.1) is 11.8 Å². The molecule has 0 rings (SSSR count). The van der Waals surface area contributed by atoms with Gasteiger partial charge in [-0.2, -0.15) is 13.2 Å². The highest BCUT2D eigenvalue weighted by Crippen LogP contribution is 2.19. The molecule has 0 aliphatic heterocycles. The SMILES string of the molecule is CCC(C)C(N)C(=O)N(CC(C)C)CC(F)(F)F. The number of carbonyl (C=O) groups excluding carboxylic acids is 1. The van der Waals surface area contributed by atoms with E-state index >= 15 is 0 Å². The summed E-state index contributed by atoms with van der Waals surface area (Å²) in [6, 6.07) is -0.865. The van der Waals surface area contributed by atoms with E-state index in [1.54, 1.807) is 20.8 Å². The van der Waals surface area contributed by atoms with Crippen LogP contribution in [0.4, 0.5) is 13.2 Å². The molecule has 2 atom stereocenters. The average Bonchev–Trinajstić information content (AvgIpc) is 2.22. The minimum atomic E-state index is -4.39. The van der Waals surface area contributed by atoms with E-state index in [1.807, 2.05) is 6.92 Å². The highest BCUT2D eigenvalue weighted by Gasteiger charge is 2.35. The number of rotatable bonds is 6. The molecule has 0 saturated heterocycles.